The van der Waals surface area contributed by atoms with Crippen molar-refractivity contribution in [3.05, 3.63) is 174 Å². The van der Waals surface area contributed by atoms with Crippen LogP contribution in [0.5, 0.6) is 0 Å². The van der Waals surface area contributed by atoms with Gasteiger partial charge in [0.05, 0.1) is 8.07 Å². The number of hydrogen-bond acceptors (Lipinski definition) is 3. The van der Waals surface area contributed by atoms with Gasteiger partial charge in [-0.2, -0.15) is 11.3 Å². The van der Waals surface area contributed by atoms with Crippen molar-refractivity contribution in [1.82, 2.24) is 9.97 Å². The van der Waals surface area contributed by atoms with Gasteiger partial charge in [0.1, 0.15) is 0 Å². The second-order valence-electron chi connectivity index (χ2n) is 15.7. The van der Waals surface area contributed by atoms with E-state index in [9.17, 15) is 1.37 Å². The molecule has 0 spiro atoms. The quantitative estimate of drug-likeness (QED) is 0.112. The summed E-state index contributed by atoms with van der Waals surface area (Å²) in [5, 5.41) is 3.60. The van der Waals surface area contributed by atoms with E-state index in [-0.39, 0.29) is 31.6 Å². The Kier molecular flexibility index (Phi) is 10.5. The molecule has 8 aromatic rings. The maximum absolute atomic E-state index is 9.21. The molecule has 1 aliphatic carbocycles. The molecule has 0 amide bonds. The molecular weight excluding hydrogens is 905 g/mol. The summed E-state index contributed by atoms with van der Waals surface area (Å²) in [5.41, 5.74) is 8.48. The topological polar surface area (TPSA) is 25.8 Å². The average molecular weight is 961 g/mol. The van der Waals surface area contributed by atoms with Crippen LogP contribution in [0.2, 0.25) is 19.6 Å². The maximum atomic E-state index is 9.21. The van der Waals surface area contributed by atoms with Crippen molar-refractivity contribution in [2.75, 3.05) is 0 Å². The minimum atomic E-state index is -2.15. The number of aromatic nitrogens is 2. The second-order valence-corrected chi connectivity index (χ2v) is 21.8. The molecule has 2 nitrogen and oxygen atoms in total. The number of hydrogen-bond donors (Lipinski definition) is 0. The minimum Gasteiger partial charge on any atom is -0.305 e. The number of pyridine rings is 2. The van der Waals surface area contributed by atoms with E-state index in [0.717, 1.165) is 69.1 Å². The van der Waals surface area contributed by atoms with E-state index in [1.54, 1.807) is 29.7 Å². The summed E-state index contributed by atoms with van der Waals surface area (Å²) in [4.78, 5) is 9.30. The molecule has 1 saturated carbocycles. The first-order valence-electron chi connectivity index (χ1n) is 22.5. The zero-order chi connectivity index (χ0) is 43.9. The molecule has 3 aromatic heterocycles. The maximum Gasteiger partial charge on any atom is 0.0799 e. The molecule has 0 N–H and O–H groups in total. The number of rotatable bonds is 8. The summed E-state index contributed by atoms with van der Waals surface area (Å²) in [6, 6.07) is 48.2. The van der Waals surface area contributed by atoms with Crippen molar-refractivity contribution < 1.29 is 28.3 Å². The Balaban J connectivity index is 0.000000188. The van der Waals surface area contributed by atoms with Crippen LogP contribution in [0.25, 0.3) is 53.8 Å². The van der Waals surface area contributed by atoms with Gasteiger partial charge in [0, 0.05) is 51.3 Å². The van der Waals surface area contributed by atoms with Gasteiger partial charge in [-0.15, -0.1) is 59.2 Å². The van der Waals surface area contributed by atoms with Gasteiger partial charge in [-0.3, -0.25) is 0 Å². The fraction of sp³-hybridized carbons (Fsp3) is 0.231. The molecule has 0 saturated heterocycles. The van der Waals surface area contributed by atoms with Gasteiger partial charge in [-0.25, -0.2) is 0 Å². The molecule has 0 bridgehead atoms. The fourth-order valence-electron chi connectivity index (χ4n) is 7.64. The predicted molar refractivity (Wildman–Crippen MR) is 243 cm³/mol. The zero-order valence-corrected chi connectivity index (χ0v) is 37.0. The third-order valence-corrected chi connectivity index (χ3v) is 13.9. The van der Waals surface area contributed by atoms with E-state index >= 15 is 0 Å². The van der Waals surface area contributed by atoms with E-state index in [4.69, 9.17) is 6.85 Å². The van der Waals surface area contributed by atoms with Crippen molar-refractivity contribution in [1.29, 1.82) is 0 Å². The van der Waals surface area contributed by atoms with E-state index in [1.807, 2.05) is 73.8 Å². The molecule has 3 heterocycles. The molecule has 1 radical (unpaired) electrons. The van der Waals surface area contributed by atoms with Crippen molar-refractivity contribution >= 4 is 44.8 Å². The third-order valence-electron chi connectivity index (χ3n) is 10.7. The third kappa shape index (κ3) is 9.29. The van der Waals surface area contributed by atoms with Gasteiger partial charge in [-0.1, -0.05) is 149 Å². The fourth-order valence-corrected chi connectivity index (χ4v) is 10.4. The van der Waals surface area contributed by atoms with Crippen LogP contribution >= 0.6 is 11.3 Å². The second kappa shape index (κ2) is 18.0. The Labute approximate surface area is 366 Å². The molecule has 289 valence electrons. The van der Waals surface area contributed by atoms with Gasteiger partial charge in [0.25, 0.3) is 0 Å². The van der Waals surface area contributed by atoms with Crippen molar-refractivity contribution in [3.63, 3.8) is 0 Å². The van der Waals surface area contributed by atoms with E-state index in [2.05, 4.69) is 90.3 Å². The van der Waals surface area contributed by atoms with E-state index in [1.165, 1.54) is 32.7 Å². The minimum absolute atomic E-state index is 0. The molecule has 1 atom stereocenters. The molecule has 0 aliphatic heterocycles. The van der Waals surface area contributed by atoms with Gasteiger partial charge >= 0.3 is 0 Å². The summed E-state index contributed by atoms with van der Waals surface area (Å²) in [6.45, 7) is 6.54. The Morgan fingerprint density at radius 1 is 0.825 bits per heavy atom. The molecule has 1 fully saturated rings. The van der Waals surface area contributed by atoms with Crippen LogP contribution < -0.4 is 5.19 Å². The molecule has 1 unspecified atom stereocenters. The van der Waals surface area contributed by atoms with Gasteiger partial charge < -0.3 is 9.97 Å². The Morgan fingerprint density at radius 2 is 1.60 bits per heavy atom. The molecule has 5 heteroatoms. The molecule has 1 aliphatic rings. The summed E-state index contributed by atoms with van der Waals surface area (Å²) >= 11 is 1.76. The van der Waals surface area contributed by atoms with Crippen LogP contribution in [0.3, 0.4) is 0 Å². The first-order valence-corrected chi connectivity index (χ1v) is 23.8. The van der Waals surface area contributed by atoms with Crippen LogP contribution in [-0.2, 0) is 26.5 Å². The normalized spacial score (nSPS) is 16.1. The van der Waals surface area contributed by atoms with Crippen LogP contribution in [-0.4, -0.2) is 18.0 Å². The SMILES string of the molecule is [2H]C([2H])([2H])c1c[c-]c(-c2cc(C([2H])(C)c3ccccc3)c([Si](C)(C)C)cn2)cc1.[2H]C([2H])(c1ccnc(-c2[c-]ccc3c2sc2ccc(-c4ccccc4)cc23)c1)C1CCCC1.[Ir]. The monoisotopic (exact) mass is 961 g/mol. The molecular formula is C52H50IrN2SSi-2. The van der Waals surface area contributed by atoms with Crippen molar-refractivity contribution in [2.45, 2.75) is 71.4 Å². The standard InChI is InChI=1S/C29H24NS.C23H26NSi.Ir/c1-2-9-22(10-3-1)23-13-14-28-26(19-23)24-11-6-12-25(29(24)31-28)27-18-21(15-16-30-27)17-20-7-4-5-8-20;1-17-11-13-20(14-12-17)22-15-21(23(16-24-22)25(3,4)5)18(2)19-9-7-6-8-10-19;/h1-3,6,9-11,13-16,18-20H,4-5,7-8,17H2;6-13,15-16,18H,1-5H3;/q2*-1;/i17D2;1D3,18D;. The van der Waals surface area contributed by atoms with Crippen LogP contribution in [0.4, 0.5) is 0 Å². The number of thiophene rings is 1. The first-order chi connectivity index (χ1) is 29.5. The summed E-state index contributed by atoms with van der Waals surface area (Å²) in [5.74, 6) is -0.832. The Bertz CT molecular complexity index is 2830. The zero-order valence-electron chi connectivity index (χ0n) is 38.8. The molecule has 5 aromatic carbocycles. The Hall–Kier alpha value is -4.51. The average Bonchev–Trinajstić information content (AvgIpc) is 3.96. The Morgan fingerprint density at radius 3 is 2.32 bits per heavy atom. The van der Waals surface area contributed by atoms with E-state index < -0.39 is 27.2 Å². The number of benzene rings is 5. The number of fused-ring (bicyclic) bond motifs is 3. The first kappa shape index (κ1) is 33.5. The number of aryl methyl sites for hydroxylation is 1. The smallest absolute Gasteiger partial charge is 0.0799 e. The molecule has 57 heavy (non-hydrogen) atoms. The van der Waals surface area contributed by atoms with Gasteiger partial charge in [0.2, 0.25) is 0 Å². The summed E-state index contributed by atoms with van der Waals surface area (Å²) < 4.78 is 51.8. The molecule has 9 rings (SSSR count). The van der Waals surface area contributed by atoms with Crippen molar-refractivity contribution in [3.8, 4) is 33.6 Å². The summed E-state index contributed by atoms with van der Waals surface area (Å²) in [6.07, 6.45) is 6.51. The van der Waals surface area contributed by atoms with Crippen LogP contribution in [0, 0.1) is 24.9 Å². The van der Waals surface area contributed by atoms with E-state index in [0.29, 0.717) is 5.69 Å². The predicted octanol–water partition coefficient (Wildman–Crippen LogP) is 13.9. The largest absolute Gasteiger partial charge is 0.305 e. The van der Waals surface area contributed by atoms with Gasteiger partial charge in [-0.05, 0) is 79.4 Å². The van der Waals surface area contributed by atoms with Crippen LogP contribution in [0.1, 0.15) is 69.0 Å². The van der Waals surface area contributed by atoms with Gasteiger partial charge in [0.15, 0.2) is 0 Å². The number of nitrogens with zero attached hydrogens (tertiary/aromatic N) is 2. The summed E-state index contributed by atoms with van der Waals surface area (Å²) in [7, 11) is -1.75. The van der Waals surface area contributed by atoms with Crippen molar-refractivity contribution in [2.24, 2.45) is 5.92 Å². The van der Waals surface area contributed by atoms with Crippen LogP contribution in [0.15, 0.2) is 140 Å².